The maximum atomic E-state index is 12.0. The molecule has 0 radical (unpaired) electrons. The number of aliphatic hydroxyl groups is 1. The average molecular weight is 330 g/mol. The van der Waals surface area contributed by atoms with Gasteiger partial charge in [0.25, 0.3) is 0 Å². The molecule has 20 heavy (non-hydrogen) atoms. The van der Waals surface area contributed by atoms with E-state index < -0.39 is 22.2 Å². The fraction of sp³-hybridized carbons (Fsp3) is 0.455. The molecule has 0 amide bonds. The summed E-state index contributed by atoms with van der Waals surface area (Å²) in [5, 5.41) is 9.22. The second-order valence-electron chi connectivity index (χ2n) is 4.61. The topological polar surface area (TPSA) is 75.6 Å². The third-order valence-electron chi connectivity index (χ3n) is 2.12. The van der Waals surface area contributed by atoms with Crippen molar-refractivity contribution >= 4 is 21.6 Å². The van der Waals surface area contributed by atoms with Gasteiger partial charge in [-0.15, -0.1) is 0 Å². The molecule has 0 saturated carbocycles. The summed E-state index contributed by atoms with van der Waals surface area (Å²) in [4.78, 5) is -0.214. The molecule has 0 aliphatic carbocycles. The van der Waals surface area contributed by atoms with Crippen molar-refractivity contribution < 1.29 is 27.0 Å². The van der Waals surface area contributed by atoms with Gasteiger partial charge >= 0.3 is 6.61 Å². The van der Waals surface area contributed by atoms with Crippen molar-refractivity contribution in [2.75, 3.05) is 6.54 Å². The van der Waals surface area contributed by atoms with Crippen molar-refractivity contribution in [2.24, 2.45) is 0 Å². The van der Waals surface area contributed by atoms with E-state index in [-0.39, 0.29) is 22.2 Å². The Hall–Kier alpha value is -0.960. The normalized spacial score (nSPS) is 12.8. The predicted octanol–water partition coefficient (Wildman–Crippen LogP) is 1.99. The van der Waals surface area contributed by atoms with Crippen LogP contribution in [0, 0.1) is 0 Å². The first-order valence-corrected chi connectivity index (χ1v) is 7.34. The van der Waals surface area contributed by atoms with Crippen LogP contribution in [0.4, 0.5) is 8.78 Å². The minimum absolute atomic E-state index is 0.206. The number of hydrogen-bond acceptors (Lipinski definition) is 4. The molecule has 5 nitrogen and oxygen atoms in total. The molecular weight excluding hydrogens is 316 g/mol. The van der Waals surface area contributed by atoms with Gasteiger partial charge < -0.3 is 9.84 Å². The lowest BCUT2D eigenvalue weighted by molar-refractivity contribution is -0.0498. The Kier molecular flexibility index (Phi) is 5.31. The van der Waals surface area contributed by atoms with Gasteiger partial charge in [0.05, 0.1) is 15.5 Å². The number of rotatable bonds is 6. The molecule has 0 saturated heterocycles. The van der Waals surface area contributed by atoms with E-state index in [2.05, 4.69) is 9.46 Å². The molecule has 1 rings (SSSR count). The lowest BCUT2D eigenvalue weighted by Crippen LogP contribution is -2.38. The zero-order chi connectivity index (χ0) is 15.6. The first-order valence-electron chi connectivity index (χ1n) is 5.48. The van der Waals surface area contributed by atoms with Gasteiger partial charge in [-0.2, -0.15) is 8.78 Å². The average Bonchev–Trinajstić information content (AvgIpc) is 2.28. The molecule has 9 heteroatoms. The summed E-state index contributed by atoms with van der Waals surface area (Å²) in [5.74, 6) is -0.317. The van der Waals surface area contributed by atoms with Crippen molar-refractivity contribution in [1.82, 2.24) is 4.72 Å². The van der Waals surface area contributed by atoms with Crippen molar-refractivity contribution in [3.8, 4) is 5.75 Å². The van der Waals surface area contributed by atoms with E-state index in [1.165, 1.54) is 13.8 Å². The van der Waals surface area contributed by atoms with Crippen LogP contribution < -0.4 is 9.46 Å². The Bertz CT molecular complexity index is 572. The molecule has 0 atom stereocenters. The maximum Gasteiger partial charge on any atom is 0.387 e. The molecule has 0 fully saturated rings. The van der Waals surface area contributed by atoms with E-state index in [0.29, 0.717) is 0 Å². The number of sulfonamides is 1. The Labute approximate surface area is 120 Å². The SMILES string of the molecule is CC(C)(O)CNS(=O)(=O)c1ccc(OC(F)F)c(Cl)c1. The Morgan fingerprint density at radius 1 is 1.45 bits per heavy atom. The summed E-state index contributed by atoms with van der Waals surface area (Å²) >= 11 is 5.67. The Morgan fingerprint density at radius 3 is 2.50 bits per heavy atom. The van der Waals surface area contributed by atoms with Crippen LogP contribution in [0.3, 0.4) is 0 Å². The van der Waals surface area contributed by atoms with E-state index in [4.69, 9.17) is 11.6 Å². The van der Waals surface area contributed by atoms with Crippen LogP contribution in [-0.4, -0.2) is 32.3 Å². The zero-order valence-electron chi connectivity index (χ0n) is 10.7. The minimum atomic E-state index is -3.90. The molecule has 0 aliphatic rings. The molecular formula is C11H14ClF2NO4S. The van der Waals surface area contributed by atoms with Gasteiger partial charge in [-0.3, -0.25) is 0 Å². The van der Waals surface area contributed by atoms with Crippen LogP contribution in [0.1, 0.15) is 13.8 Å². The van der Waals surface area contributed by atoms with E-state index in [9.17, 15) is 22.3 Å². The number of nitrogens with one attached hydrogen (secondary N) is 1. The van der Waals surface area contributed by atoms with Gasteiger partial charge in [-0.1, -0.05) is 11.6 Å². The molecule has 114 valence electrons. The molecule has 1 aromatic rings. The number of hydrogen-bond donors (Lipinski definition) is 2. The molecule has 0 heterocycles. The van der Waals surface area contributed by atoms with Crippen molar-refractivity contribution in [3.63, 3.8) is 0 Å². The van der Waals surface area contributed by atoms with Gasteiger partial charge in [0.1, 0.15) is 5.75 Å². The summed E-state index contributed by atoms with van der Waals surface area (Å²) in [6.45, 7) is -0.393. The first-order chi connectivity index (χ1) is 9.01. The summed E-state index contributed by atoms with van der Waals surface area (Å²) in [5.41, 5.74) is -1.23. The molecule has 1 aromatic carbocycles. The fourth-order valence-electron chi connectivity index (χ4n) is 1.20. The highest BCUT2D eigenvalue weighted by atomic mass is 35.5. The summed E-state index contributed by atoms with van der Waals surface area (Å²) in [7, 11) is -3.90. The fourth-order valence-corrected chi connectivity index (χ4v) is 2.72. The summed E-state index contributed by atoms with van der Waals surface area (Å²) < 4.78 is 54.2. The van der Waals surface area contributed by atoms with E-state index in [0.717, 1.165) is 18.2 Å². The van der Waals surface area contributed by atoms with Gasteiger partial charge in [-0.05, 0) is 32.0 Å². The molecule has 0 aromatic heterocycles. The molecule has 0 aliphatic heterocycles. The second-order valence-corrected chi connectivity index (χ2v) is 6.78. The van der Waals surface area contributed by atoms with Crippen LogP contribution in [0.5, 0.6) is 5.75 Å². The largest absolute Gasteiger partial charge is 0.433 e. The first kappa shape index (κ1) is 17.1. The molecule has 2 N–H and O–H groups in total. The monoisotopic (exact) mass is 329 g/mol. The zero-order valence-corrected chi connectivity index (χ0v) is 12.3. The predicted molar refractivity (Wildman–Crippen MR) is 69.6 cm³/mol. The van der Waals surface area contributed by atoms with Crippen molar-refractivity contribution in [2.45, 2.75) is 31.0 Å². The molecule has 0 bridgehead atoms. The van der Waals surface area contributed by atoms with Crippen LogP contribution in [-0.2, 0) is 10.0 Å². The van der Waals surface area contributed by atoms with Crippen molar-refractivity contribution in [3.05, 3.63) is 23.2 Å². The quantitative estimate of drug-likeness (QED) is 0.837. The van der Waals surface area contributed by atoms with E-state index in [1.807, 2.05) is 0 Å². The highest BCUT2D eigenvalue weighted by molar-refractivity contribution is 7.89. The molecule has 0 spiro atoms. The van der Waals surface area contributed by atoms with Crippen molar-refractivity contribution in [1.29, 1.82) is 0 Å². The maximum absolute atomic E-state index is 12.0. The Morgan fingerprint density at radius 2 is 2.05 bits per heavy atom. The third kappa shape index (κ3) is 5.20. The number of alkyl halides is 2. The minimum Gasteiger partial charge on any atom is -0.433 e. The van der Waals surface area contributed by atoms with Crippen LogP contribution in [0.15, 0.2) is 23.1 Å². The Balaban J connectivity index is 2.94. The van der Waals surface area contributed by atoms with Gasteiger partial charge in [0.15, 0.2) is 0 Å². The highest BCUT2D eigenvalue weighted by Crippen LogP contribution is 2.28. The smallest absolute Gasteiger partial charge is 0.387 e. The number of halogens is 3. The van der Waals surface area contributed by atoms with Crippen LogP contribution in [0.25, 0.3) is 0 Å². The standard InChI is InChI=1S/C11H14ClF2NO4S/c1-11(2,16)6-15-20(17,18)7-3-4-9(8(12)5-7)19-10(13)14/h3-5,10,15-16H,6H2,1-2H3. The summed E-state index contributed by atoms with van der Waals surface area (Å²) in [6, 6.07) is 3.11. The van der Waals surface area contributed by atoms with Crippen LogP contribution in [0.2, 0.25) is 5.02 Å². The molecule has 0 unspecified atom stereocenters. The summed E-state index contributed by atoms with van der Waals surface area (Å²) in [6.07, 6.45) is 0. The lowest BCUT2D eigenvalue weighted by Gasteiger charge is -2.18. The number of ether oxygens (including phenoxy) is 1. The number of benzene rings is 1. The van der Waals surface area contributed by atoms with Crippen LogP contribution >= 0.6 is 11.6 Å². The van der Waals surface area contributed by atoms with Gasteiger partial charge in [-0.25, -0.2) is 13.1 Å². The van der Waals surface area contributed by atoms with E-state index >= 15 is 0 Å². The van der Waals surface area contributed by atoms with Gasteiger partial charge in [0, 0.05) is 6.54 Å². The highest BCUT2D eigenvalue weighted by Gasteiger charge is 2.21. The second kappa shape index (κ2) is 6.21. The van der Waals surface area contributed by atoms with E-state index in [1.54, 1.807) is 0 Å². The lowest BCUT2D eigenvalue weighted by atomic mass is 10.1. The third-order valence-corrected chi connectivity index (χ3v) is 3.82. The van der Waals surface area contributed by atoms with Gasteiger partial charge in [0.2, 0.25) is 10.0 Å².